The van der Waals surface area contributed by atoms with Gasteiger partial charge in [0.2, 0.25) is 0 Å². The van der Waals surface area contributed by atoms with Crippen molar-refractivity contribution in [1.29, 1.82) is 0 Å². The summed E-state index contributed by atoms with van der Waals surface area (Å²) in [5.41, 5.74) is 0.0263. The monoisotopic (exact) mass is 272 g/mol. The van der Waals surface area contributed by atoms with Gasteiger partial charge in [-0.2, -0.15) is 11.8 Å². The second kappa shape index (κ2) is 4.10. The van der Waals surface area contributed by atoms with Crippen LogP contribution >= 0.6 is 36.2 Å². The summed E-state index contributed by atoms with van der Waals surface area (Å²) < 4.78 is 0. The zero-order valence-corrected chi connectivity index (χ0v) is 11.6. The summed E-state index contributed by atoms with van der Waals surface area (Å²) in [6, 6.07) is 0.405. The van der Waals surface area contributed by atoms with E-state index in [0.717, 1.165) is 29.4 Å². The standard InChI is InChI=1S/C11H16N2S3/c14-9-8-2-1-5-13(8)10(15)11(12-9)3-6-16-7-4-11/h8H,1-7H2,(H,12,14)/t8-/m1/s1. The summed E-state index contributed by atoms with van der Waals surface area (Å²) in [4.78, 5) is 4.58. The first kappa shape index (κ1) is 11.2. The lowest BCUT2D eigenvalue weighted by Crippen LogP contribution is -2.68. The Morgan fingerprint density at radius 2 is 2.06 bits per heavy atom. The molecule has 3 rings (SSSR count). The molecule has 0 amide bonds. The summed E-state index contributed by atoms with van der Waals surface area (Å²) >= 11 is 13.3. The number of rotatable bonds is 0. The Morgan fingerprint density at radius 3 is 2.81 bits per heavy atom. The highest BCUT2D eigenvalue weighted by atomic mass is 32.2. The predicted octanol–water partition coefficient (Wildman–Crippen LogP) is 1.97. The topological polar surface area (TPSA) is 15.3 Å². The zero-order valence-electron chi connectivity index (χ0n) is 9.20. The van der Waals surface area contributed by atoms with Crippen LogP contribution in [-0.4, -0.2) is 44.5 Å². The Kier molecular flexibility index (Phi) is 2.88. The van der Waals surface area contributed by atoms with E-state index in [1.807, 2.05) is 11.8 Å². The van der Waals surface area contributed by atoms with Crippen molar-refractivity contribution in [1.82, 2.24) is 10.2 Å². The molecule has 0 unspecified atom stereocenters. The van der Waals surface area contributed by atoms with Crippen LogP contribution in [0, 0.1) is 0 Å². The third-order valence-electron chi connectivity index (χ3n) is 3.93. The minimum absolute atomic E-state index is 0.0263. The third-order valence-corrected chi connectivity index (χ3v) is 5.92. The normalized spacial score (nSPS) is 32.8. The predicted molar refractivity (Wildman–Crippen MR) is 77.3 cm³/mol. The van der Waals surface area contributed by atoms with Gasteiger partial charge in [0.25, 0.3) is 0 Å². The highest BCUT2D eigenvalue weighted by Crippen LogP contribution is 2.36. The maximum absolute atomic E-state index is 5.72. The first-order valence-electron chi connectivity index (χ1n) is 5.94. The molecule has 0 bridgehead atoms. The van der Waals surface area contributed by atoms with Crippen molar-refractivity contribution < 1.29 is 0 Å². The van der Waals surface area contributed by atoms with Gasteiger partial charge < -0.3 is 10.2 Å². The molecule has 0 aromatic rings. The maximum atomic E-state index is 5.72. The van der Waals surface area contributed by atoms with E-state index in [2.05, 4.69) is 10.2 Å². The Hall–Kier alpha value is 0.130. The number of thioether (sulfide) groups is 1. The molecule has 0 aliphatic carbocycles. The van der Waals surface area contributed by atoms with Gasteiger partial charge in [0.05, 0.1) is 16.6 Å². The Labute approximate surface area is 112 Å². The fourth-order valence-corrected chi connectivity index (χ4v) is 5.09. The first-order valence-corrected chi connectivity index (χ1v) is 7.91. The molecule has 2 nitrogen and oxygen atoms in total. The molecule has 16 heavy (non-hydrogen) atoms. The van der Waals surface area contributed by atoms with Gasteiger partial charge in [0, 0.05) is 6.54 Å². The van der Waals surface area contributed by atoms with Gasteiger partial charge in [-0.3, -0.25) is 0 Å². The van der Waals surface area contributed by atoms with Gasteiger partial charge >= 0.3 is 0 Å². The summed E-state index contributed by atoms with van der Waals surface area (Å²) in [6.45, 7) is 1.11. The van der Waals surface area contributed by atoms with Gasteiger partial charge in [0.15, 0.2) is 0 Å². The fraction of sp³-hybridized carbons (Fsp3) is 0.818. The SMILES string of the molecule is S=C1NC2(CCSCC2)C(=S)N2CCC[C@H]12. The Morgan fingerprint density at radius 1 is 1.31 bits per heavy atom. The molecule has 1 atom stereocenters. The molecule has 5 heteroatoms. The molecule has 0 saturated carbocycles. The second-order valence-electron chi connectivity index (χ2n) is 4.84. The molecule has 0 radical (unpaired) electrons. The molecule has 3 aliphatic heterocycles. The smallest absolute Gasteiger partial charge is 0.104 e. The number of hydrogen-bond donors (Lipinski definition) is 1. The minimum atomic E-state index is 0.0263. The van der Waals surface area contributed by atoms with Crippen molar-refractivity contribution >= 4 is 46.2 Å². The van der Waals surface area contributed by atoms with E-state index in [-0.39, 0.29) is 5.54 Å². The van der Waals surface area contributed by atoms with Crippen molar-refractivity contribution in [3.63, 3.8) is 0 Å². The van der Waals surface area contributed by atoms with Gasteiger partial charge in [-0.15, -0.1) is 0 Å². The first-order chi connectivity index (χ1) is 7.73. The van der Waals surface area contributed by atoms with Crippen LogP contribution in [-0.2, 0) is 0 Å². The van der Waals surface area contributed by atoms with Crippen LogP contribution in [0.15, 0.2) is 0 Å². The van der Waals surface area contributed by atoms with E-state index < -0.39 is 0 Å². The van der Waals surface area contributed by atoms with E-state index in [1.165, 1.54) is 24.3 Å². The van der Waals surface area contributed by atoms with Crippen molar-refractivity contribution in [2.45, 2.75) is 37.3 Å². The maximum Gasteiger partial charge on any atom is 0.104 e. The molecule has 0 aromatic carbocycles. The highest BCUT2D eigenvalue weighted by molar-refractivity contribution is 7.99. The molecule has 3 aliphatic rings. The van der Waals surface area contributed by atoms with E-state index in [9.17, 15) is 0 Å². The fourth-order valence-electron chi connectivity index (χ4n) is 2.99. The Balaban J connectivity index is 1.90. The van der Waals surface area contributed by atoms with Crippen molar-refractivity contribution in [2.75, 3.05) is 18.1 Å². The molecular weight excluding hydrogens is 256 g/mol. The lowest BCUT2D eigenvalue weighted by atomic mass is 9.88. The lowest BCUT2D eigenvalue weighted by Gasteiger charge is -2.49. The summed E-state index contributed by atoms with van der Waals surface area (Å²) in [5.74, 6) is 2.41. The number of fused-ring (bicyclic) bond motifs is 1. The van der Waals surface area contributed by atoms with Gasteiger partial charge in [-0.1, -0.05) is 24.4 Å². The average Bonchev–Trinajstić information content (AvgIpc) is 2.77. The molecule has 3 heterocycles. The van der Waals surface area contributed by atoms with Crippen LogP contribution in [0.4, 0.5) is 0 Å². The number of piperazine rings is 1. The van der Waals surface area contributed by atoms with Gasteiger partial charge in [-0.05, 0) is 37.2 Å². The van der Waals surface area contributed by atoms with Crippen LogP contribution in [0.1, 0.15) is 25.7 Å². The van der Waals surface area contributed by atoms with Crippen molar-refractivity contribution in [2.24, 2.45) is 0 Å². The minimum Gasteiger partial charge on any atom is -0.366 e. The molecule has 3 saturated heterocycles. The van der Waals surface area contributed by atoms with Crippen LogP contribution in [0.5, 0.6) is 0 Å². The van der Waals surface area contributed by atoms with E-state index in [0.29, 0.717) is 6.04 Å². The molecule has 0 aromatic heterocycles. The Bertz CT molecular complexity index is 336. The number of nitrogens with zero attached hydrogens (tertiary/aromatic N) is 1. The number of hydrogen-bond acceptors (Lipinski definition) is 3. The molecule has 3 fully saturated rings. The number of thiocarbonyl (C=S) groups is 2. The van der Waals surface area contributed by atoms with Crippen LogP contribution < -0.4 is 5.32 Å². The van der Waals surface area contributed by atoms with E-state index >= 15 is 0 Å². The van der Waals surface area contributed by atoms with Crippen LogP contribution in [0.25, 0.3) is 0 Å². The molecular formula is C11H16N2S3. The molecule has 1 N–H and O–H groups in total. The largest absolute Gasteiger partial charge is 0.366 e. The second-order valence-corrected chi connectivity index (χ2v) is 6.89. The van der Waals surface area contributed by atoms with Crippen molar-refractivity contribution in [3.05, 3.63) is 0 Å². The third kappa shape index (κ3) is 1.59. The summed E-state index contributed by atoms with van der Waals surface area (Å²) in [6.07, 6.45) is 4.69. The number of nitrogens with one attached hydrogen (secondary N) is 1. The lowest BCUT2D eigenvalue weighted by molar-refractivity contribution is 0.347. The van der Waals surface area contributed by atoms with Gasteiger partial charge in [-0.25, -0.2) is 0 Å². The van der Waals surface area contributed by atoms with E-state index in [4.69, 9.17) is 24.4 Å². The highest BCUT2D eigenvalue weighted by Gasteiger charge is 2.48. The summed E-state index contributed by atoms with van der Waals surface area (Å²) in [5, 5.41) is 3.59. The average molecular weight is 272 g/mol. The van der Waals surface area contributed by atoms with E-state index in [1.54, 1.807) is 0 Å². The molecule has 1 spiro atoms. The van der Waals surface area contributed by atoms with Crippen LogP contribution in [0.3, 0.4) is 0 Å². The van der Waals surface area contributed by atoms with Crippen molar-refractivity contribution in [3.8, 4) is 0 Å². The molecule has 88 valence electrons. The summed E-state index contributed by atoms with van der Waals surface area (Å²) in [7, 11) is 0. The zero-order chi connectivity index (χ0) is 11.2. The van der Waals surface area contributed by atoms with Crippen LogP contribution in [0.2, 0.25) is 0 Å². The quantitative estimate of drug-likeness (QED) is 0.676. The van der Waals surface area contributed by atoms with Gasteiger partial charge in [0.1, 0.15) is 4.99 Å².